The second kappa shape index (κ2) is 11.3. The van der Waals surface area contributed by atoms with Crippen LogP contribution in [0.3, 0.4) is 0 Å². The van der Waals surface area contributed by atoms with Crippen molar-refractivity contribution in [3.63, 3.8) is 0 Å². The molecule has 0 bridgehead atoms. The zero-order valence-corrected chi connectivity index (χ0v) is 19.0. The Labute approximate surface area is 194 Å². The molecule has 3 aromatic rings. The molecule has 6 heteroatoms. The third kappa shape index (κ3) is 6.59. The molecule has 0 aliphatic carbocycles. The van der Waals surface area contributed by atoms with Gasteiger partial charge in [-0.2, -0.15) is 0 Å². The molecule has 32 heavy (non-hydrogen) atoms. The Bertz CT molecular complexity index is 1020. The maximum atomic E-state index is 13.3. The van der Waals surface area contributed by atoms with Crippen molar-refractivity contribution in [2.24, 2.45) is 0 Å². The van der Waals surface area contributed by atoms with Crippen molar-refractivity contribution in [3.05, 3.63) is 101 Å². The van der Waals surface area contributed by atoms with Gasteiger partial charge in [0.15, 0.2) is 6.61 Å². The first-order valence-corrected chi connectivity index (χ1v) is 10.8. The highest BCUT2D eigenvalue weighted by Crippen LogP contribution is 2.18. The van der Waals surface area contributed by atoms with E-state index in [9.17, 15) is 9.59 Å². The highest BCUT2D eigenvalue weighted by molar-refractivity contribution is 6.30. The number of nitrogens with zero attached hydrogens (tertiary/aromatic N) is 1. The average molecular weight is 451 g/mol. The van der Waals surface area contributed by atoms with E-state index in [2.05, 4.69) is 5.32 Å². The number of aryl methyl sites for hydroxylation is 1. The number of carbonyl (C=O) groups is 2. The van der Waals surface area contributed by atoms with Gasteiger partial charge in [0.2, 0.25) is 5.91 Å². The number of amides is 2. The average Bonchev–Trinajstić information content (AvgIpc) is 2.82. The summed E-state index contributed by atoms with van der Waals surface area (Å²) >= 11 is 6.02. The summed E-state index contributed by atoms with van der Waals surface area (Å²) in [5.74, 6) is 0.103. The summed E-state index contributed by atoms with van der Waals surface area (Å²) in [6.45, 7) is 2.08. The standard InChI is InChI=1S/C26H27ClN2O3/c1-19-8-14-23(15-9-19)32-18-25(30)29(17-21-10-12-22(27)13-11-21)24(26(31)28-2)16-20-6-4-3-5-7-20/h3-15,24H,16-18H2,1-2H3,(H,28,31)/t24-/m0/s1. The van der Waals surface area contributed by atoms with Gasteiger partial charge in [-0.25, -0.2) is 0 Å². The van der Waals surface area contributed by atoms with E-state index in [-0.39, 0.29) is 25.0 Å². The van der Waals surface area contributed by atoms with Crippen LogP contribution in [-0.4, -0.2) is 36.4 Å². The van der Waals surface area contributed by atoms with Crippen LogP contribution < -0.4 is 10.1 Å². The SMILES string of the molecule is CNC(=O)[C@H](Cc1ccccc1)N(Cc1ccc(Cl)cc1)C(=O)COc1ccc(C)cc1. The van der Waals surface area contributed by atoms with E-state index >= 15 is 0 Å². The number of carbonyl (C=O) groups excluding carboxylic acids is 2. The molecular formula is C26H27ClN2O3. The molecule has 2 amide bonds. The highest BCUT2D eigenvalue weighted by atomic mass is 35.5. The van der Waals surface area contributed by atoms with Gasteiger partial charge in [0, 0.05) is 25.0 Å². The fourth-order valence-corrected chi connectivity index (χ4v) is 3.50. The Morgan fingerprint density at radius 1 is 0.938 bits per heavy atom. The van der Waals surface area contributed by atoms with Gasteiger partial charge in [-0.05, 0) is 42.3 Å². The maximum absolute atomic E-state index is 13.3. The van der Waals surface area contributed by atoms with E-state index in [0.717, 1.165) is 16.7 Å². The summed E-state index contributed by atoms with van der Waals surface area (Å²) in [5.41, 5.74) is 2.95. The number of benzene rings is 3. The van der Waals surface area contributed by atoms with Crippen molar-refractivity contribution in [1.29, 1.82) is 0 Å². The number of ether oxygens (including phenoxy) is 1. The molecule has 3 rings (SSSR count). The Hall–Kier alpha value is -3.31. The largest absolute Gasteiger partial charge is 0.484 e. The summed E-state index contributed by atoms with van der Waals surface area (Å²) < 4.78 is 5.73. The number of rotatable bonds is 9. The van der Waals surface area contributed by atoms with Crippen LogP contribution >= 0.6 is 11.6 Å². The lowest BCUT2D eigenvalue weighted by Gasteiger charge is -2.31. The van der Waals surface area contributed by atoms with Crippen molar-refractivity contribution in [3.8, 4) is 5.75 Å². The number of hydrogen-bond donors (Lipinski definition) is 1. The van der Waals surface area contributed by atoms with Crippen LogP contribution in [0.15, 0.2) is 78.9 Å². The molecule has 166 valence electrons. The fourth-order valence-electron chi connectivity index (χ4n) is 3.37. The predicted molar refractivity (Wildman–Crippen MR) is 127 cm³/mol. The second-order valence-corrected chi connectivity index (χ2v) is 8.01. The Balaban J connectivity index is 1.85. The molecule has 0 saturated heterocycles. The highest BCUT2D eigenvalue weighted by Gasteiger charge is 2.30. The zero-order valence-electron chi connectivity index (χ0n) is 18.3. The van der Waals surface area contributed by atoms with Gasteiger partial charge < -0.3 is 15.0 Å². The van der Waals surface area contributed by atoms with Gasteiger partial charge in [0.05, 0.1) is 0 Å². The third-order valence-corrected chi connectivity index (χ3v) is 5.42. The molecule has 5 nitrogen and oxygen atoms in total. The van der Waals surface area contributed by atoms with Crippen LogP contribution in [0.1, 0.15) is 16.7 Å². The van der Waals surface area contributed by atoms with Gasteiger partial charge in [0.25, 0.3) is 5.91 Å². The first-order valence-electron chi connectivity index (χ1n) is 10.4. The summed E-state index contributed by atoms with van der Waals surface area (Å²) in [6.07, 6.45) is 0.393. The van der Waals surface area contributed by atoms with Gasteiger partial charge in [0.1, 0.15) is 11.8 Å². The second-order valence-electron chi connectivity index (χ2n) is 7.57. The van der Waals surface area contributed by atoms with Crippen molar-refractivity contribution < 1.29 is 14.3 Å². The fraction of sp³-hybridized carbons (Fsp3) is 0.231. The summed E-state index contributed by atoms with van der Waals surface area (Å²) in [7, 11) is 1.58. The third-order valence-electron chi connectivity index (χ3n) is 5.17. The molecule has 0 aliphatic rings. The predicted octanol–water partition coefficient (Wildman–Crippen LogP) is 4.41. The van der Waals surface area contributed by atoms with E-state index in [1.165, 1.54) is 0 Å². The summed E-state index contributed by atoms with van der Waals surface area (Å²) in [6, 6.07) is 23.7. The molecular weight excluding hydrogens is 424 g/mol. The van der Waals surface area contributed by atoms with Crippen LogP contribution in [0.4, 0.5) is 0 Å². The van der Waals surface area contributed by atoms with Gasteiger partial charge >= 0.3 is 0 Å². The lowest BCUT2D eigenvalue weighted by atomic mass is 10.0. The molecule has 3 aromatic carbocycles. The Morgan fingerprint density at radius 2 is 1.59 bits per heavy atom. The lowest BCUT2D eigenvalue weighted by Crippen LogP contribution is -2.51. The molecule has 0 saturated carbocycles. The molecule has 1 atom stereocenters. The first kappa shape index (κ1) is 23.4. The van der Waals surface area contributed by atoms with E-state index in [0.29, 0.717) is 17.2 Å². The molecule has 0 heterocycles. The summed E-state index contributed by atoms with van der Waals surface area (Å²) in [4.78, 5) is 27.7. The lowest BCUT2D eigenvalue weighted by molar-refractivity contribution is -0.142. The molecule has 0 aromatic heterocycles. The number of likely N-dealkylation sites (N-methyl/N-ethyl adjacent to an activating group) is 1. The van der Waals surface area contributed by atoms with Crippen LogP contribution in [0.25, 0.3) is 0 Å². The van der Waals surface area contributed by atoms with Crippen molar-refractivity contribution in [2.45, 2.75) is 25.9 Å². The molecule has 0 fully saturated rings. The topological polar surface area (TPSA) is 58.6 Å². The zero-order chi connectivity index (χ0) is 22.9. The van der Waals surface area contributed by atoms with Gasteiger partial charge in [-0.3, -0.25) is 9.59 Å². The van der Waals surface area contributed by atoms with E-state index in [4.69, 9.17) is 16.3 Å². The van der Waals surface area contributed by atoms with E-state index in [1.807, 2.05) is 73.7 Å². The first-order chi connectivity index (χ1) is 15.5. The molecule has 0 aliphatic heterocycles. The van der Waals surface area contributed by atoms with Crippen LogP contribution in [-0.2, 0) is 22.6 Å². The van der Waals surface area contributed by atoms with E-state index < -0.39 is 6.04 Å². The molecule has 0 spiro atoms. The van der Waals surface area contributed by atoms with Crippen LogP contribution in [0.5, 0.6) is 5.75 Å². The van der Waals surface area contributed by atoms with Crippen molar-refractivity contribution >= 4 is 23.4 Å². The number of hydrogen-bond acceptors (Lipinski definition) is 3. The molecule has 0 unspecified atom stereocenters. The molecule has 1 N–H and O–H groups in total. The van der Waals surface area contributed by atoms with Crippen molar-refractivity contribution in [1.82, 2.24) is 10.2 Å². The minimum Gasteiger partial charge on any atom is -0.484 e. The van der Waals surface area contributed by atoms with Gasteiger partial charge in [-0.1, -0.05) is 71.8 Å². The number of nitrogens with one attached hydrogen (secondary N) is 1. The quantitative estimate of drug-likeness (QED) is 0.525. The normalized spacial score (nSPS) is 11.5. The minimum atomic E-state index is -0.688. The number of halogens is 1. The van der Waals surface area contributed by atoms with Crippen LogP contribution in [0, 0.1) is 6.92 Å². The minimum absolute atomic E-state index is 0.168. The monoisotopic (exact) mass is 450 g/mol. The summed E-state index contributed by atoms with van der Waals surface area (Å²) in [5, 5.41) is 3.31. The van der Waals surface area contributed by atoms with Gasteiger partial charge in [-0.15, -0.1) is 0 Å². The van der Waals surface area contributed by atoms with Crippen LogP contribution in [0.2, 0.25) is 5.02 Å². The van der Waals surface area contributed by atoms with Crippen molar-refractivity contribution in [2.75, 3.05) is 13.7 Å². The Morgan fingerprint density at radius 3 is 2.22 bits per heavy atom. The Kier molecular flexibility index (Phi) is 8.28. The maximum Gasteiger partial charge on any atom is 0.261 e. The smallest absolute Gasteiger partial charge is 0.261 e. The van der Waals surface area contributed by atoms with E-state index in [1.54, 1.807) is 24.1 Å². The molecule has 0 radical (unpaired) electrons.